The molecule has 33 heavy (non-hydrogen) atoms. The zero-order valence-corrected chi connectivity index (χ0v) is 21.7. The third-order valence-corrected chi connectivity index (χ3v) is 6.85. The van der Waals surface area contributed by atoms with Gasteiger partial charge in [-0.3, -0.25) is 9.59 Å². The average molecular weight is 612 g/mol. The van der Waals surface area contributed by atoms with Crippen molar-refractivity contribution in [1.29, 1.82) is 0 Å². The molecule has 5 nitrogen and oxygen atoms in total. The van der Waals surface area contributed by atoms with Gasteiger partial charge in [-0.05, 0) is 100 Å². The highest BCUT2D eigenvalue weighted by Gasteiger charge is 2.36. The topological polar surface area (TPSA) is 55.8 Å². The summed E-state index contributed by atoms with van der Waals surface area (Å²) in [5.74, 6) is 0.418. The van der Waals surface area contributed by atoms with Crippen LogP contribution in [-0.2, 0) is 11.4 Å². The standard InChI is InChI=1S/C24H16Cl2INO4S/c1-31-20-11-15(10-19(26)22(20)32-13-14-2-6-17(27)7-3-14)12-21-23(29)28(24(30)33-21)18-8-4-16(25)5-9-18/h2-12H,13H2,1H3/b21-12+. The fourth-order valence-electron chi connectivity index (χ4n) is 3.13. The number of nitrogens with zero attached hydrogens (tertiary/aromatic N) is 1. The van der Waals surface area contributed by atoms with E-state index in [2.05, 4.69) is 22.6 Å². The fourth-order valence-corrected chi connectivity index (χ4v) is 4.73. The molecule has 168 valence electrons. The summed E-state index contributed by atoms with van der Waals surface area (Å²) < 4.78 is 12.5. The number of benzene rings is 3. The summed E-state index contributed by atoms with van der Waals surface area (Å²) in [5, 5.41) is 0.472. The fraction of sp³-hybridized carbons (Fsp3) is 0.0833. The maximum Gasteiger partial charge on any atom is 0.298 e. The molecule has 0 spiro atoms. The second-order valence-corrected chi connectivity index (χ2v) is 10.0. The molecule has 3 aromatic carbocycles. The van der Waals surface area contributed by atoms with Crippen molar-refractivity contribution < 1.29 is 19.1 Å². The van der Waals surface area contributed by atoms with Crippen molar-refractivity contribution in [3.05, 3.63) is 90.3 Å². The molecular weight excluding hydrogens is 596 g/mol. The van der Waals surface area contributed by atoms with Gasteiger partial charge in [0.2, 0.25) is 0 Å². The number of imide groups is 1. The van der Waals surface area contributed by atoms with Gasteiger partial charge in [0.05, 0.1) is 22.7 Å². The Morgan fingerprint density at radius 1 is 1.03 bits per heavy atom. The van der Waals surface area contributed by atoms with Crippen LogP contribution in [0.4, 0.5) is 10.5 Å². The highest BCUT2D eigenvalue weighted by molar-refractivity contribution is 14.1. The van der Waals surface area contributed by atoms with E-state index in [0.29, 0.717) is 39.4 Å². The molecule has 1 fully saturated rings. The van der Waals surface area contributed by atoms with Crippen LogP contribution in [0.1, 0.15) is 11.1 Å². The Morgan fingerprint density at radius 2 is 1.73 bits per heavy atom. The molecule has 0 aliphatic carbocycles. The number of hydrogen-bond donors (Lipinski definition) is 0. The van der Waals surface area contributed by atoms with Gasteiger partial charge in [0.1, 0.15) is 6.61 Å². The van der Waals surface area contributed by atoms with E-state index >= 15 is 0 Å². The van der Waals surface area contributed by atoms with Crippen LogP contribution in [0.2, 0.25) is 10.0 Å². The molecule has 1 heterocycles. The second kappa shape index (κ2) is 10.4. The number of amides is 2. The van der Waals surface area contributed by atoms with E-state index in [0.717, 1.165) is 25.8 Å². The van der Waals surface area contributed by atoms with Crippen molar-refractivity contribution in [1.82, 2.24) is 0 Å². The maximum atomic E-state index is 12.9. The van der Waals surface area contributed by atoms with Crippen LogP contribution in [0, 0.1) is 3.57 Å². The predicted molar refractivity (Wildman–Crippen MR) is 141 cm³/mol. The van der Waals surface area contributed by atoms with Crippen LogP contribution in [0.3, 0.4) is 0 Å². The van der Waals surface area contributed by atoms with Gasteiger partial charge >= 0.3 is 0 Å². The molecule has 0 N–H and O–H groups in total. The summed E-state index contributed by atoms with van der Waals surface area (Å²) >= 11 is 15.5. The minimum Gasteiger partial charge on any atom is -0.493 e. The van der Waals surface area contributed by atoms with Crippen molar-refractivity contribution in [2.75, 3.05) is 12.0 Å². The summed E-state index contributed by atoms with van der Waals surface area (Å²) in [6, 6.07) is 17.8. The molecule has 0 aromatic heterocycles. The van der Waals surface area contributed by atoms with E-state index in [-0.39, 0.29) is 10.1 Å². The molecule has 0 saturated carbocycles. The molecule has 3 aromatic rings. The normalized spacial score (nSPS) is 14.8. The van der Waals surface area contributed by atoms with Gasteiger partial charge in [0.25, 0.3) is 11.1 Å². The molecule has 0 bridgehead atoms. The van der Waals surface area contributed by atoms with Crippen LogP contribution >= 0.6 is 57.6 Å². The Kier molecular flexibility index (Phi) is 7.53. The van der Waals surface area contributed by atoms with Crippen LogP contribution < -0.4 is 14.4 Å². The van der Waals surface area contributed by atoms with Crippen molar-refractivity contribution >= 4 is 80.5 Å². The van der Waals surface area contributed by atoms with E-state index in [9.17, 15) is 9.59 Å². The summed E-state index contributed by atoms with van der Waals surface area (Å²) in [6.45, 7) is 0.326. The van der Waals surface area contributed by atoms with E-state index in [1.165, 1.54) is 7.11 Å². The van der Waals surface area contributed by atoms with Gasteiger partial charge in [-0.2, -0.15) is 0 Å². The van der Waals surface area contributed by atoms with Crippen molar-refractivity contribution in [3.63, 3.8) is 0 Å². The number of ether oxygens (including phenoxy) is 2. The van der Waals surface area contributed by atoms with Crippen molar-refractivity contribution in [2.45, 2.75) is 6.61 Å². The Balaban J connectivity index is 1.57. The number of carbonyl (C=O) groups is 2. The molecular formula is C24H16Cl2INO4S. The summed E-state index contributed by atoms with van der Waals surface area (Å²) in [6.07, 6.45) is 1.61. The minimum atomic E-state index is -0.415. The van der Waals surface area contributed by atoms with Crippen LogP contribution in [-0.4, -0.2) is 18.3 Å². The molecule has 1 aliphatic heterocycles. The van der Waals surface area contributed by atoms with Crippen molar-refractivity contribution in [2.24, 2.45) is 0 Å². The lowest BCUT2D eigenvalue weighted by atomic mass is 10.1. The van der Waals surface area contributed by atoms with E-state index in [4.69, 9.17) is 32.7 Å². The van der Waals surface area contributed by atoms with E-state index in [1.54, 1.807) is 42.5 Å². The van der Waals surface area contributed by atoms with E-state index in [1.807, 2.05) is 24.3 Å². The molecule has 1 saturated heterocycles. The Hall–Kier alpha value is -2.20. The lowest BCUT2D eigenvalue weighted by molar-refractivity contribution is -0.113. The Labute approximate surface area is 218 Å². The number of thioether (sulfide) groups is 1. The Morgan fingerprint density at radius 3 is 2.39 bits per heavy atom. The van der Waals surface area contributed by atoms with Crippen molar-refractivity contribution in [3.8, 4) is 11.5 Å². The first kappa shape index (κ1) is 23.9. The molecule has 0 radical (unpaired) electrons. The first-order valence-corrected chi connectivity index (χ1v) is 12.3. The first-order valence-electron chi connectivity index (χ1n) is 9.64. The van der Waals surface area contributed by atoms with Crippen LogP contribution in [0.25, 0.3) is 6.08 Å². The molecule has 1 aliphatic rings. The smallest absolute Gasteiger partial charge is 0.298 e. The van der Waals surface area contributed by atoms with Gasteiger partial charge in [-0.1, -0.05) is 35.3 Å². The molecule has 0 unspecified atom stereocenters. The lowest BCUT2D eigenvalue weighted by Crippen LogP contribution is -2.27. The lowest BCUT2D eigenvalue weighted by Gasteiger charge is -2.14. The van der Waals surface area contributed by atoms with Gasteiger partial charge in [-0.25, -0.2) is 4.90 Å². The third-order valence-electron chi connectivity index (χ3n) is 4.72. The Bertz CT molecular complexity index is 1250. The highest BCUT2D eigenvalue weighted by Crippen LogP contribution is 2.40. The number of hydrogen-bond acceptors (Lipinski definition) is 5. The van der Waals surface area contributed by atoms with Crippen LogP contribution in [0.15, 0.2) is 65.6 Å². The van der Waals surface area contributed by atoms with Crippen LogP contribution in [0.5, 0.6) is 11.5 Å². The number of rotatable bonds is 6. The monoisotopic (exact) mass is 611 g/mol. The largest absolute Gasteiger partial charge is 0.493 e. The zero-order chi connectivity index (χ0) is 23.5. The number of halogens is 3. The average Bonchev–Trinajstić information content (AvgIpc) is 3.07. The second-order valence-electron chi connectivity index (χ2n) is 6.94. The highest BCUT2D eigenvalue weighted by atomic mass is 127. The molecule has 4 rings (SSSR count). The minimum absolute atomic E-state index is 0.278. The summed E-state index contributed by atoms with van der Waals surface area (Å²) in [5.41, 5.74) is 2.06. The van der Waals surface area contributed by atoms with E-state index < -0.39 is 5.91 Å². The first-order chi connectivity index (χ1) is 15.9. The zero-order valence-electron chi connectivity index (χ0n) is 17.2. The summed E-state index contributed by atoms with van der Waals surface area (Å²) in [4.78, 5) is 26.8. The third kappa shape index (κ3) is 5.48. The maximum absolute atomic E-state index is 12.9. The van der Waals surface area contributed by atoms with Gasteiger partial charge in [-0.15, -0.1) is 0 Å². The molecule has 0 atom stereocenters. The van der Waals surface area contributed by atoms with Gasteiger partial charge < -0.3 is 9.47 Å². The van der Waals surface area contributed by atoms with Gasteiger partial charge in [0, 0.05) is 8.59 Å². The SMILES string of the molecule is COc1cc(/C=C2/SC(=O)N(c3ccc(Cl)cc3)C2=O)cc(Cl)c1OCc1ccc(I)cc1. The molecule has 9 heteroatoms. The van der Waals surface area contributed by atoms with Gasteiger partial charge in [0.15, 0.2) is 11.5 Å². The number of methoxy groups -OCH3 is 1. The number of carbonyl (C=O) groups excluding carboxylic acids is 2. The predicted octanol–water partition coefficient (Wildman–Crippen LogP) is 7.43. The summed E-state index contributed by atoms with van der Waals surface area (Å²) in [7, 11) is 1.52. The quantitative estimate of drug-likeness (QED) is 0.214. The molecule has 2 amide bonds. The number of anilines is 1.